The summed E-state index contributed by atoms with van der Waals surface area (Å²) in [5.41, 5.74) is 0.491. The SMILES string of the molecule is CCC(c1cc(C(=O)O)cs1)N1C[C@@H](c2ccc(C#N)cc2)[C@@]2(C1)NC(=O)N(c1cc(Cl)cc(Cl)c1)C2=O. The van der Waals surface area contributed by atoms with E-state index in [2.05, 4.69) is 16.3 Å². The van der Waals surface area contributed by atoms with Crippen LogP contribution < -0.4 is 10.2 Å². The second kappa shape index (κ2) is 10.0. The molecule has 0 saturated carbocycles. The van der Waals surface area contributed by atoms with Crippen LogP contribution in [0.15, 0.2) is 53.9 Å². The molecule has 11 heteroatoms. The van der Waals surface area contributed by atoms with Crippen LogP contribution in [0.4, 0.5) is 10.5 Å². The lowest BCUT2D eigenvalue weighted by atomic mass is 9.81. The predicted octanol–water partition coefficient (Wildman–Crippen LogP) is 5.67. The number of nitrogens with one attached hydrogen (secondary N) is 1. The number of likely N-dealkylation sites (tertiary alicyclic amines) is 1. The van der Waals surface area contributed by atoms with Gasteiger partial charge in [-0.1, -0.05) is 42.3 Å². The number of carboxylic acids is 1. The third kappa shape index (κ3) is 4.44. The average Bonchev–Trinajstić information content (AvgIpc) is 3.56. The molecule has 0 aliphatic carbocycles. The van der Waals surface area contributed by atoms with Crippen LogP contribution in [0.1, 0.15) is 51.7 Å². The van der Waals surface area contributed by atoms with Crippen molar-refractivity contribution >= 4 is 58.1 Å². The number of carboxylic acid groups (broad SMARTS) is 1. The minimum Gasteiger partial charge on any atom is -0.478 e. The topological polar surface area (TPSA) is 114 Å². The normalized spacial score (nSPS) is 22.1. The molecule has 3 atom stereocenters. The van der Waals surface area contributed by atoms with E-state index in [4.69, 9.17) is 23.2 Å². The van der Waals surface area contributed by atoms with Gasteiger partial charge in [-0.05, 0) is 48.4 Å². The number of thiophene rings is 1. The zero-order valence-electron chi connectivity index (χ0n) is 20.1. The Morgan fingerprint density at radius 2 is 1.89 bits per heavy atom. The van der Waals surface area contributed by atoms with Crippen LogP contribution in [0.2, 0.25) is 10.0 Å². The number of rotatable bonds is 6. The summed E-state index contributed by atoms with van der Waals surface area (Å²) in [7, 11) is 0. The molecule has 0 radical (unpaired) electrons. The Labute approximate surface area is 233 Å². The number of nitriles is 1. The number of imide groups is 1. The third-order valence-corrected chi connectivity index (χ3v) is 8.62. The van der Waals surface area contributed by atoms with Crippen molar-refractivity contribution < 1.29 is 19.5 Å². The lowest BCUT2D eigenvalue weighted by molar-refractivity contribution is -0.122. The van der Waals surface area contributed by atoms with Gasteiger partial charge in [-0.15, -0.1) is 11.3 Å². The number of amides is 3. The first-order valence-electron chi connectivity index (χ1n) is 11.9. The van der Waals surface area contributed by atoms with E-state index < -0.39 is 29.4 Å². The van der Waals surface area contributed by atoms with Gasteiger partial charge >= 0.3 is 12.0 Å². The molecule has 1 unspecified atom stereocenters. The number of nitrogens with zero attached hydrogens (tertiary/aromatic N) is 3. The molecule has 2 N–H and O–H groups in total. The molecule has 3 heterocycles. The third-order valence-electron chi connectivity index (χ3n) is 7.15. The number of carbonyl (C=O) groups is 3. The summed E-state index contributed by atoms with van der Waals surface area (Å²) in [6.07, 6.45) is 0.672. The van der Waals surface area contributed by atoms with Crippen molar-refractivity contribution in [1.29, 1.82) is 5.26 Å². The van der Waals surface area contributed by atoms with Gasteiger partial charge in [0, 0.05) is 45.4 Å². The quantitative estimate of drug-likeness (QED) is 0.370. The Morgan fingerprint density at radius 3 is 2.47 bits per heavy atom. The van der Waals surface area contributed by atoms with E-state index >= 15 is 0 Å². The lowest BCUT2D eigenvalue weighted by Crippen LogP contribution is -2.53. The highest BCUT2D eigenvalue weighted by molar-refractivity contribution is 7.10. The minimum absolute atomic E-state index is 0.160. The number of hydrogen-bond donors (Lipinski definition) is 2. The molecule has 1 aromatic heterocycles. The van der Waals surface area contributed by atoms with Crippen molar-refractivity contribution in [3.8, 4) is 6.07 Å². The van der Waals surface area contributed by atoms with Crippen LogP contribution in [0.3, 0.4) is 0 Å². The summed E-state index contributed by atoms with van der Waals surface area (Å²) in [5.74, 6) is -1.85. The van der Waals surface area contributed by atoms with Crippen LogP contribution in [0.5, 0.6) is 0 Å². The number of anilines is 1. The maximum absolute atomic E-state index is 14.2. The van der Waals surface area contributed by atoms with Crippen LogP contribution in [0, 0.1) is 11.3 Å². The number of benzene rings is 2. The van der Waals surface area contributed by atoms with E-state index in [1.165, 1.54) is 29.5 Å². The second-order valence-electron chi connectivity index (χ2n) is 9.35. The number of halogens is 2. The standard InChI is InChI=1S/C27H22Cl2N4O4S/c1-2-22(23-7-17(13-38-23)24(34)35)32-12-21(16-5-3-15(11-30)4-6-16)27(14-32)25(36)33(26(37)31-27)20-9-18(28)8-19(29)10-20/h3-10,13,21-22H,2,12,14H2,1H3,(H,31,37)(H,34,35)/t21-,22?,27+/m0/s1. The van der Waals surface area contributed by atoms with Crippen LogP contribution >= 0.6 is 34.5 Å². The van der Waals surface area contributed by atoms with Gasteiger partial charge in [-0.25, -0.2) is 14.5 Å². The summed E-state index contributed by atoms with van der Waals surface area (Å²) < 4.78 is 0. The Balaban J connectivity index is 1.57. The summed E-state index contributed by atoms with van der Waals surface area (Å²) in [4.78, 5) is 43.0. The fourth-order valence-electron chi connectivity index (χ4n) is 5.42. The first-order valence-corrected chi connectivity index (χ1v) is 13.5. The fraction of sp³-hybridized carbons (Fsp3) is 0.259. The average molecular weight is 569 g/mol. The molecule has 3 aromatic rings. The molecule has 2 saturated heterocycles. The van der Waals surface area contributed by atoms with Gasteiger partial charge in [0.25, 0.3) is 5.91 Å². The van der Waals surface area contributed by atoms with E-state index in [1.54, 1.807) is 35.7 Å². The number of urea groups is 1. The van der Waals surface area contributed by atoms with Crippen molar-refractivity contribution in [2.45, 2.75) is 30.8 Å². The van der Waals surface area contributed by atoms with Crippen LogP contribution in [-0.4, -0.2) is 46.5 Å². The monoisotopic (exact) mass is 568 g/mol. The molecule has 0 bridgehead atoms. The molecule has 38 heavy (non-hydrogen) atoms. The molecule has 1 spiro atoms. The first-order chi connectivity index (χ1) is 18.2. The molecule has 2 aliphatic rings. The maximum atomic E-state index is 14.2. The van der Waals surface area contributed by atoms with E-state index in [-0.39, 0.29) is 23.8 Å². The largest absolute Gasteiger partial charge is 0.478 e. The van der Waals surface area contributed by atoms with E-state index in [9.17, 15) is 24.8 Å². The zero-order chi connectivity index (χ0) is 27.2. The Kier molecular flexibility index (Phi) is 6.92. The highest BCUT2D eigenvalue weighted by Crippen LogP contribution is 2.46. The Bertz CT molecular complexity index is 1460. The van der Waals surface area contributed by atoms with Gasteiger partial charge in [0.05, 0.1) is 22.9 Å². The maximum Gasteiger partial charge on any atom is 0.336 e. The van der Waals surface area contributed by atoms with Crippen molar-refractivity contribution in [2.24, 2.45) is 0 Å². The highest BCUT2D eigenvalue weighted by Gasteiger charge is 2.61. The Morgan fingerprint density at radius 1 is 1.21 bits per heavy atom. The van der Waals surface area contributed by atoms with Gasteiger partial charge in [0.15, 0.2) is 0 Å². The lowest BCUT2D eigenvalue weighted by Gasteiger charge is -2.29. The van der Waals surface area contributed by atoms with Crippen molar-refractivity contribution in [3.63, 3.8) is 0 Å². The van der Waals surface area contributed by atoms with Crippen molar-refractivity contribution in [2.75, 3.05) is 18.0 Å². The van der Waals surface area contributed by atoms with Crippen LogP contribution in [0.25, 0.3) is 0 Å². The number of hydrogen-bond acceptors (Lipinski definition) is 6. The van der Waals surface area contributed by atoms with E-state index in [0.717, 1.165) is 15.3 Å². The number of carbonyl (C=O) groups excluding carboxylic acids is 2. The Hall–Kier alpha value is -3.42. The minimum atomic E-state index is -1.29. The predicted molar refractivity (Wildman–Crippen MR) is 145 cm³/mol. The van der Waals surface area contributed by atoms with E-state index in [0.29, 0.717) is 28.6 Å². The molecular weight excluding hydrogens is 547 g/mol. The van der Waals surface area contributed by atoms with Gasteiger partial charge in [0.1, 0.15) is 5.54 Å². The molecule has 5 rings (SSSR count). The fourth-order valence-corrected chi connectivity index (χ4v) is 7.03. The summed E-state index contributed by atoms with van der Waals surface area (Å²) in [5, 5.41) is 23.8. The van der Waals surface area contributed by atoms with Gasteiger partial charge in [-0.3, -0.25) is 9.69 Å². The molecule has 2 fully saturated rings. The second-order valence-corrected chi connectivity index (χ2v) is 11.2. The zero-order valence-corrected chi connectivity index (χ0v) is 22.5. The first kappa shape index (κ1) is 26.2. The molecule has 194 valence electrons. The summed E-state index contributed by atoms with van der Waals surface area (Å²) in [6.45, 7) is 2.65. The molecule has 8 nitrogen and oxygen atoms in total. The molecule has 2 aromatic carbocycles. The molecule has 2 aliphatic heterocycles. The smallest absolute Gasteiger partial charge is 0.336 e. The van der Waals surface area contributed by atoms with Crippen molar-refractivity contribution in [1.82, 2.24) is 10.2 Å². The van der Waals surface area contributed by atoms with Gasteiger partial charge < -0.3 is 10.4 Å². The van der Waals surface area contributed by atoms with Crippen LogP contribution in [-0.2, 0) is 4.79 Å². The van der Waals surface area contributed by atoms with Gasteiger partial charge in [0.2, 0.25) is 0 Å². The number of aromatic carboxylic acids is 1. The van der Waals surface area contributed by atoms with Crippen molar-refractivity contribution in [3.05, 3.63) is 85.5 Å². The molecule has 3 amide bonds. The highest BCUT2D eigenvalue weighted by atomic mass is 35.5. The van der Waals surface area contributed by atoms with Gasteiger partial charge in [-0.2, -0.15) is 5.26 Å². The van der Waals surface area contributed by atoms with E-state index in [1.807, 2.05) is 6.92 Å². The summed E-state index contributed by atoms with van der Waals surface area (Å²) in [6, 6.07) is 14.6. The molecular formula is C27H22Cl2N4O4S. The summed E-state index contributed by atoms with van der Waals surface area (Å²) >= 11 is 13.7.